The Hall–Kier alpha value is -16.5. The van der Waals surface area contributed by atoms with Crippen molar-refractivity contribution >= 4 is 115 Å². The second-order valence-corrected chi connectivity index (χ2v) is 31.5. The first-order valence-electron chi connectivity index (χ1n) is 44.3. The van der Waals surface area contributed by atoms with Gasteiger partial charge in [0.1, 0.15) is 41.3 Å². The zero-order valence-electron chi connectivity index (χ0n) is 76.8. The maximum Gasteiger partial charge on any atom is 0.267 e. The monoisotopic (exact) mass is 1930 g/mol. The molecule has 7 aromatic heterocycles. The highest BCUT2D eigenvalue weighted by Gasteiger charge is 2.24. The summed E-state index contributed by atoms with van der Waals surface area (Å²) in [6, 6.07) is 69.3. The average Bonchev–Trinajstić information content (AvgIpc) is 1.63. The highest BCUT2D eigenvalue weighted by molar-refractivity contribution is 5.96. The molecule has 142 heavy (non-hydrogen) atoms. The van der Waals surface area contributed by atoms with Crippen LogP contribution in [-0.4, -0.2) is 231 Å². The highest BCUT2D eigenvalue weighted by atomic mass is 16.5. The number of hydrogen-bond acceptors (Lipinski definition) is 29. The summed E-state index contributed by atoms with van der Waals surface area (Å²) in [4.78, 5) is 87.6. The number of pyridine rings is 2. The van der Waals surface area contributed by atoms with Crippen LogP contribution in [0.15, 0.2) is 273 Å². The molecule has 0 bridgehead atoms. The van der Waals surface area contributed by atoms with Gasteiger partial charge in [-0.3, -0.25) is 60.0 Å². The van der Waals surface area contributed by atoms with Gasteiger partial charge in [-0.2, -0.15) is 0 Å². The van der Waals surface area contributed by atoms with Crippen LogP contribution in [0.2, 0.25) is 0 Å². The SMILES string of the molecule is COc1cc(-c2nc3cc(/C=C/C(=O)NO)ccc3n2CC(O)CO)ccc1OCc1ccccc1.COc1ccc(-c2nc3cc(/C=C/C(=O)NO)ccc3n2CC(O)CO)cc1.O=C(/C=C/c1ccc2c(c1)nc(-c1ccccn1)n2CC(O)CO)NO.O=C(/C=C/c1ccc2c(c1)nc(-c1ccncc1)n2CCO)NO.O=C(/C=C/c1ccc2c(c1)nc(CCc1ccccc1)n2CC(O)CO)NO. The predicted molar refractivity (Wildman–Crippen MR) is 528 cm³/mol. The summed E-state index contributed by atoms with van der Waals surface area (Å²) in [6.45, 7) is 0.0914. The molecule has 0 saturated carbocycles. The van der Waals surface area contributed by atoms with Gasteiger partial charge in [-0.15, -0.1) is 0 Å². The van der Waals surface area contributed by atoms with Crippen LogP contribution in [0.5, 0.6) is 17.2 Å². The molecule has 9 aromatic carbocycles. The predicted octanol–water partition coefficient (Wildman–Crippen LogP) is 9.02. The van der Waals surface area contributed by atoms with E-state index in [1.54, 1.807) is 127 Å². The van der Waals surface area contributed by atoms with Gasteiger partial charge in [-0.25, -0.2) is 52.3 Å². The van der Waals surface area contributed by atoms with E-state index in [0.29, 0.717) is 76.4 Å². The van der Waals surface area contributed by atoms with Crippen molar-refractivity contribution in [1.82, 2.24) is 85.1 Å². The molecule has 0 fully saturated rings. The smallest absolute Gasteiger partial charge is 0.267 e. The van der Waals surface area contributed by atoms with Gasteiger partial charge in [0.05, 0.1) is 153 Å². The van der Waals surface area contributed by atoms with E-state index in [1.165, 1.54) is 46.9 Å². The van der Waals surface area contributed by atoms with Gasteiger partial charge in [0.25, 0.3) is 29.5 Å². The Morgan fingerprint density at radius 2 is 0.704 bits per heavy atom. The molecule has 7 heterocycles. The number of rotatable bonds is 36. The van der Waals surface area contributed by atoms with Crippen molar-refractivity contribution in [3.63, 3.8) is 0 Å². The second-order valence-electron chi connectivity index (χ2n) is 31.5. The van der Waals surface area contributed by atoms with Crippen LogP contribution >= 0.6 is 0 Å². The van der Waals surface area contributed by atoms with Crippen molar-refractivity contribution < 1.29 is 110 Å². The Bertz CT molecular complexity index is 7090. The number of aryl methyl sites for hydroxylation is 2. The first-order valence-corrected chi connectivity index (χ1v) is 44.3. The molecule has 4 unspecified atom stereocenters. The molecule has 0 aliphatic rings. The minimum absolute atomic E-state index is 0.00185. The number of nitrogens with one attached hydrogen (secondary N) is 5. The topological polar surface area (TPSA) is 571 Å². The molecule has 0 saturated heterocycles. The van der Waals surface area contributed by atoms with Gasteiger partial charge >= 0.3 is 0 Å². The van der Waals surface area contributed by atoms with E-state index in [2.05, 4.69) is 37.1 Å². The minimum atomic E-state index is -0.982. The molecular formula is C103H105N17O22. The van der Waals surface area contributed by atoms with Gasteiger partial charge in [-0.1, -0.05) is 97.1 Å². The van der Waals surface area contributed by atoms with E-state index in [4.69, 9.17) is 50.2 Å². The number of imidazole rings is 5. The zero-order valence-corrected chi connectivity index (χ0v) is 76.8. The minimum Gasteiger partial charge on any atom is -0.497 e. The van der Waals surface area contributed by atoms with Crippen molar-refractivity contribution in [3.8, 4) is 62.9 Å². The highest BCUT2D eigenvalue weighted by Crippen LogP contribution is 2.37. The lowest BCUT2D eigenvalue weighted by molar-refractivity contribution is -0.124. The lowest BCUT2D eigenvalue weighted by Crippen LogP contribution is -2.21. The van der Waals surface area contributed by atoms with E-state index >= 15 is 0 Å². The summed E-state index contributed by atoms with van der Waals surface area (Å²) >= 11 is 0. The van der Waals surface area contributed by atoms with Gasteiger partial charge in [-0.05, 0) is 203 Å². The number of aliphatic hydroxyl groups excluding tert-OH is 9. The Balaban J connectivity index is 0.000000160. The number of aliphatic hydroxyl groups is 9. The third-order valence-electron chi connectivity index (χ3n) is 21.7. The van der Waals surface area contributed by atoms with Crippen LogP contribution in [0.1, 0.15) is 44.8 Å². The molecule has 0 radical (unpaired) electrons. The first kappa shape index (κ1) is 104. The van der Waals surface area contributed by atoms with Gasteiger partial charge in [0.15, 0.2) is 17.3 Å². The fourth-order valence-corrected chi connectivity index (χ4v) is 14.9. The number of nitrogens with zero attached hydrogens (tertiary/aromatic N) is 12. The standard InChI is InChI=1S/C27H27N3O6.C21H23N3O4.C20H21N3O5.C18H18N4O4.C17H16N4O3/c1-35-25-14-20(9-11-24(25)36-17-19-5-3-2-4-6-19)27-28-22-13-18(8-12-26(33)29-34)7-10-23(22)30(27)15-21(32)16-31;25-14-17(26)13-24-19-9-6-16(8-11-21(27)23-28)12-18(19)22-20(24)10-7-15-4-2-1-3-5-15;1-28-16-6-4-14(5-7-16)20-21-17-10-13(3-9-19(26)22-27)2-8-18(17)23(20)11-15(25)12-24;23-11-13(24)10-22-16-6-4-12(5-7-17(25)21-26)9-15(16)20-18(22)14-3-1-2-8-19-14;22-10-9-21-15-3-1-12(2-4-16(23)20-24)11-14(15)19-17(21)13-5-7-18-8-6-13/h2-14,21,31-32,34H,15-17H2,1H3,(H,29,33);1-6,8-9,11-12,17,25-26,28H,7,10,13-14H2,(H,23,27);2-10,15,24-25,27H,11-12H2,1H3,(H,22,26);1-9,13,23-24,26H,10-11H2,(H,21,25);1-8,11,22,24H,9-10H2,(H,20,23)/b12-8+;11-8+;9-3+;7-5+;4-2+. The summed E-state index contributed by atoms with van der Waals surface area (Å²) < 4.78 is 26.1. The first-order chi connectivity index (χ1) is 69.0. The van der Waals surface area contributed by atoms with Gasteiger partial charge in [0.2, 0.25) is 0 Å². The molecule has 0 spiro atoms. The maximum absolute atomic E-state index is 11.3. The summed E-state index contributed by atoms with van der Waals surface area (Å²) in [5.41, 5.74) is 24.2. The Kier molecular flexibility index (Phi) is 38.5. The third kappa shape index (κ3) is 28.4. The number of hydroxylamine groups is 5. The van der Waals surface area contributed by atoms with Crippen molar-refractivity contribution in [2.24, 2.45) is 0 Å². The van der Waals surface area contributed by atoms with Crippen LogP contribution in [0.25, 0.3) is 131 Å². The second kappa shape index (κ2) is 52.3. The quantitative estimate of drug-likeness (QED) is 0.00988. The number of hydrogen-bond donors (Lipinski definition) is 19. The molecule has 19 N–H and O–H groups in total. The fraction of sp³-hybridized carbons (Fsp3) is 0.184. The molecule has 734 valence electrons. The number of amides is 5. The van der Waals surface area contributed by atoms with Crippen molar-refractivity contribution in [1.29, 1.82) is 0 Å². The number of aromatic nitrogens is 12. The number of benzene rings is 9. The normalized spacial score (nSPS) is 12.2. The van der Waals surface area contributed by atoms with E-state index in [0.717, 1.165) is 107 Å². The molecule has 4 atom stereocenters. The number of ether oxygens (including phenoxy) is 3. The van der Waals surface area contributed by atoms with Gasteiger partial charge < -0.3 is 83.0 Å². The van der Waals surface area contributed by atoms with Crippen LogP contribution in [0.3, 0.4) is 0 Å². The van der Waals surface area contributed by atoms with E-state index in [1.807, 2.05) is 188 Å². The van der Waals surface area contributed by atoms with Crippen LogP contribution < -0.4 is 41.6 Å². The molecular weight excluding hydrogens is 1830 g/mol. The lowest BCUT2D eigenvalue weighted by Gasteiger charge is -2.15. The van der Waals surface area contributed by atoms with E-state index in [-0.39, 0.29) is 52.6 Å². The molecule has 39 nitrogen and oxygen atoms in total. The third-order valence-corrected chi connectivity index (χ3v) is 21.7. The van der Waals surface area contributed by atoms with E-state index < -0.39 is 60.6 Å². The number of methoxy groups -OCH3 is 2. The molecule has 5 amide bonds. The van der Waals surface area contributed by atoms with Crippen molar-refractivity contribution in [2.45, 2.75) is 76.6 Å². The summed E-state index contributed by atoms with van der Waals surface area (Å²) in [5, 5.41) is 129. The summed E-state index contributed by atoms with van der Waals surface area (Å²) in [5.74, 6) is 2.06. The van der Waals surface area contributed by atoms with Crippen molar-refractivity contribution in [2.75, 3.05) is 47.3 Å². The number of carbonyl (C=O) groups excluding carboxylic acids is 5. The lowest BCUT2D eigenvalue weighted by atomic mass is 10.1. The average molecular weight is 1930 g/mol. The molecule has 39 heteroatoms. The summed E-state index contributed by atoms with van der Waals surface area (Å²) in [6.07, 6.45) is 16.7. The number of fused-ring (bicyclic) bond motifs is 5. The Labute approximate surface area is 811 Å². The van der Waals surface area contributed by atoms with Gasteiger partial charge in [0, 0.05) is 78.6 Å². The fourth-order valence-electron chi connectivity index (χ4n) is 14.9. The zero-order chi connectivity index (χ0) is 101. The summed E-state index contributed by atoms with van der Waals surface area (Å²) in [7, 11) is 3.15. The molecule has 16 aromatic rings. The van der Waals surface area contributed by atoms with Crippen molar-refractivity contribution in [3.05, 3.63) is 318 Å². The largest absolute Gasteiger partial charge is 0.497 e. The Morgan fingerprint density at radius 3 is 1.10 bits per heavy atom. The number of carbonyl (C=O) groups is 5. The maximum atomic E-state index is 11.3. The molecule has 0 aliphatic carbocycles. The van der Waals surface area contributed by atoms with E-state index in [9.17, 15) is 69.9 Å². The Morgan fingerprint density at radius 1 is 0.345 bits per heavy atom. The van der Waals surface area contributed by atoms with Crippen LogP contribution in [0, 0.1) is 0 Å². The van der Waals surface area contributed by atoms with Crippen LogP contribution in [0.4, 0.5) is 0 Å². The molecule has 0 aliphatic heterocycles. The van der Waals surface area contributed by atoms with Crippen LogP contribution in [-0.2, 0) is 76.1 Å². The molecule has 16 rings (SSSR count).